The third kappa shape index (κ3) is 5.18. The van der Waals surface area contributed by atoms with Crippen molar-refractivity contribution in [3.8, 4) is 0 Å². The van der Waals surface area contributed by atoms with E-state index in [-0.39, 0.29) is 5.82 Å². The lowest BCUT2D eigenvalue weighted by Crippen LogP contribution is -2.19. The molecule has 0 spiro atoms. The van der Waals surface area contributed by atoms with Gasteiger partial charge in [0, 0.05) is 16.3 Å². The van der Waals surface area contributed by atoms with Crippen molar-refractivity contribution in [2.24, 2.45) is 5.92 Å². The van der Waals surface area contributed by atoms with Gasteiger partial charge in [-0.15, -0.1) is 0 Å². The molecule has 112 valence electrons. The van der Waals surface area contributed by atoms with Crippen LogP contribution >= 0.6 is 11.8 Å². The zero-order valence-corrected chi connectivity index (χ0v) is 13.6. The van der Waals surface area contributed by atoms with Crippen LogP contribution < -0.4 is 5.32 Å². The van der Waals surface area contributed by atoms with Crippen LogP contribution in [0.4, 0.5) is 4.39 Å². The van der Waals surface area contributed by atoms with Gasteiger partial charge in [-0.05, 0) is 66.9 Å². The van der Waals surface area contributed by atoms with Gasteiger partial charge >= 0.3 is 0 Å². The molecular weight excluding hydrogens is 281 g/mol. The first-order valence-electron chi connectivity index (χ1n) is 7.28. The lowest BCUT2D eigenvalue weighted by molar-refractivity contribution is 0.551. The van der Waals surface area contributed by atoms with Gasteiger partial charge in [-0.1, -0.05) is 31.7 Å². The Morgan fingerprint density at radius 2 is 1.71 bits per heavy atom. The molecule has 3 heteroatoms. The molecule has 0 aliphatic heterocycles. The highest BCUT2D eigenvalue weighted by atomic mass is 32.2. The molecule has 0 unspecified atom stereocenters. The predicted octanol–water partition coefficient (Wildman–Crippen LogP) is 5.03. The number of nitrogens with one attached hydrogen (secondary N) is 1. The Bertz CT molecular complexity index is 578. The van der Waals surface area contributed by atoms with Crippen LogP contribution in [0.2, 0.25) is 0 Å². The molecule has 2 aromatic carbocycles. The van der Waals surface area contributed by atoms with Gasteiger partial charge in [0.15, 0.2) is 0 Å². The molecule has 0 aromatic heterocycles. The van der Waals surface area contributed by atoms with E-state index in [1.165, 1.54) is 28.2 Å². The average molecular weight is 303 g/mol. The van der Waals surface area contributed by atoms with Crippen molar-refractivity contribution in [3.05, 3.63) is 59.4 Å². The Morgan fingerprint density at radius 3 is 2.33 bits per heavy atom. The molecule has 0 aliphatic rings. The van der Waals surface area contributed by atoms with E-state index in [4.69, 9.17) is 0 Å². The molecule has 0 atom stereocenters. The standard InChI is InChI=1S/C18H22FNS/c1-13(2)11-20-12-15-4-7-18(10-14(15)3)21-17-8-5-16(19)6-9-17/h4-10,13,20H,11-12H2,1-3H3. The summed E-state index contributed by atoms with van der Waals surface area (Å²) < 4.78 is 12.9. The molecule has 0 amide bonds. The lowest BCUT2D eigenvalue weighted by atomic mass is 10.1. The number of hydrogen-bond acceptors (Lipinski definition) is 2. The Morgan fingerprint density at radius 1 is 1.05 bits per heavy atom. The van der Waals surface area contributed by atoms with Crippen molar-refractivity contribution < 1.29 is 4.39 Å². The van der Waals surface area contributed by atoms with Crippen molar-refractivity contribution in [2.45, 2.75) is 37.1 Å². The molecule has 0 fully saturated rings. The molecular formula is C18H22FNS. The van der Waals surface area contributed by atoms with Crippen LogP contribution in [0.1, 0.15) is 25.0 Å². The zero-order valence-electron chi connectivity index (χ0n) is 12.8. The number of rotatable bonds is 6. The van der Waals surface area contributed by atoms with E-state index in [0.717, 1.165) is 18.0 Å². The van der Waals surface area contributed by atoms with Crippen LogP contribution in [-0.4, -0.2) is 6.54 Å². The summed E-state index contributed by atoms with van der Waals surface area (Å²) in [4.78, 5) is 2.24. The Hall–Kier alpha value is -1.32. The first-order chi connectivity index (χ1) is 10.0. The maximum Gasteiger partial charge on any atom is 0.123 e. The number of hydrogen-bond donors (Lipinski definition) is 1. The minimum atomic E-state index is -0.192. The van der Waals surface area contributed by atoms with Gasteiger partial charge in [0.1, 0.15) is 5.82 Å². The summed E-state index contributed by atoms with van der Waals surface area (Å²) in [6.45, 7) is 8.50. The fourth-order valence-electron chi connectivity index (χ4n) is 2.06. The molecule has 0 heterocycles. The minimum absolute atomic E-state index is 0.192. The molecule has 0 bridgehead atoms. The van der Waals surface area contributed by atoms with Crippen molar-refractivity contribution >= 4 is 11.8 Å². The molecule has 0 saturated carbocycles. The molecule has 2 aromatic rings. The molecule has 0 saturated heterocycles. The smallest absolute Gasteiger partial charge is 0.123 e. The third-order valence-electron chi connectivity index (χ3n) is 3.23. The normalized spacial score (nSPS) is 11.1. The van der Waals surface area contributed by atoms with E-state index in [1.54, 1.807) is 11.8 Å². The second kappa shape index (κ2) is 7.62. The van der Waals surface area contributed by atoms with Crippen LogP contribution in [0.25, 0.3) is 0 Å². The monoisotopic (exact) mass is 303 g/mol. The molecule has 0 radical (unpaired) electrons. The van der Waals surface area contributed by atoms with Gasteiger partial charge in [-0.2, -0.15) is 0 Å². The first kappa shape index (κ1) is 16.1. The average Bonchev–Trinajstić information content (AvgIpc) is 2.43. The maximum absolute atomic E-state index is 12.9. The van der Waals surface area contributed by atoms with E-state index in [0.29, 0.717) is 5.92 Å². The highest BCUT2D eigenvalue weighted by Gasteiger charge is 2.03. The summed E-state index contributed by atoms with van der Waals surface area (Å²) in [6, 6.07) is 13.1. The summed E-state index contributed by atoms with van der Waals surface area (Å²) in [5.74, 6) is 0.473. The van der Waals surface area contributed by atoms with Gasteiger partial charge in [0.25, 0.3) is 0 Å². The van der Waals surface area contributed by atoms with Crippen molar-refractivity contribution in [3.63, 3.8) is 0 Å². The summed E-state index contributed by atoms with van der Waals surface area (Å²) in [5, 5.41) is 3.47. The van der Waals surface area contributed by atoms with Crippen LogP contribution in [0.15, 0.2) is 52.3 Å². The van der Waals surface area contributed by atoms with Gasteiger partial charge in [0.05, 0.1) is 0 Å². The van der Waals surface area contributed by atoms with Crippen molar-refractivity contribution in [1.82, 2.24) is 5.32 Å². The third-order valence-corrected chi connectivity index (χ3v) is 4.23. The second-order valence-corrected chi connectivity index (χ2v) is 6.82. The van der Waals surface area contributed by atoms with Crippen molar-refractivity contribution in [2.75, 3.05) is 6.54 Å². The van der Waals surface area contributed by atoms with Crippen LogP contribution in [0.3, 0.4) is 0 Å². The second-order valence-electron chi connectivity index (χ2n) is 5.67. The lowest BCUT2D eigenvalue weighted by Gasteiger charge is -2.11. The van der Waals surface area contributed by atoms with Crippen LogP contribution in [-0.2, 0) is 6.54 Å². The molecule has 2 rings (SSSR count). The number of aryl methyl sites for hydroxylation is 1. The highest BCUT2D eigenvalue weighted by molar-refractivity contribution is 7.99. The van der Waals surface area contributed by atoms with Gasteiger partial charge in [0.2, 0.25) is 0 Å². The number of halogens is 1. The maximum atomic E-state index is 12.9. The first-order valence-corrected chi connectivity index (χ1v) is 8.10. The summed E-state index contributed by atoms with van der Waals surface area (Å²) >= 11 is 1.66. The van der Waals surface area contributed by atoms with E-state index in [9.17, 15) is 4.39 Å². The van der Waals surface area contributed by atoms with Crippen molar-refractivity contribution in [1.29, 1.82) is 0 Å². The Kier molecular flexibility index (Phi) is 5.83. The van der Waals surface area contributed by atoms with E-state index in [1.807, 2.05) is 12.1 Å². The fourth-order valence-corrected chi connectivity index (χ4v) is 2.98. The molecule has 1 N–H and O–H groups in total. The number of benzene rings is 2. The van der Waals surface area contributed by atoms with E-state index < -0.39 is 0 Å². The molecule has 1 nitrogen and oxygen atoms in total. The minimum Gasteiger partial charge on any atom is -0.312 e. The fraction of sp³-hybridized carbons (Fsp3) is 0.333. The molecule has 21 heavy (non-hydrogen) atoms. The van der Waals surface area contributed by atoms with Crippen LogP contribution in [0, 0.1) is 18.7 Å². The Labute approximate surface area is 131 Å². The zero-order chi connectivity index (χ0) is 15.2. The SMILES string of the molecule is Cc1cc(Sc2ccc(F)cc2)ccc1CNCC(C)C. The summed E-state index contributed by atoms with van der Waals surface area (Å²) in [7, 11) is 0. The van der Waals surface area contributed by atoms with E-state index in [2.05, 4.69) is 44.3 Å². The largest absolute Gasteiger partial charge is 0.312 e. The topological polar surface area (TPSA) is 12.0 Å². The highest BCUT2D eigenvalue weighted by Crippen LogP contribution is 2.29. The van der Waals surface area contributed by atoms with Gasteiger partial charge in [-0.3, -0.25) is 0 Å². The Balaban J connectivity index is 1.99. The van der Waals surface area contributed by atoms with Gasteiger partial charge in [-0.25, -0.2) is 4.39 Å². The summed E-state index contributed by atoms with van der Waals surface area (Å²) in [6.07, 6.45) is 0. The quantitative estimate of drug-likeness (QED) is 0.803. The predicted molar refractivity (Wildman–Crippen MR) is 88.2 cm³/mol. The van der Waals surface area contributed by atoms with Gasteiger partial charge < -0.3 is 5.32 Å². The van der Waals surface area contributed by atoms with Crippen LogP contribution in [0.5, 0.6) is 0 Å². The molecule has 0 aliphatic carbocycles. The van der Waals surface area contributed by atoms with E-state index >= 15 is 0 Å². The summed E-state index contributed by atoms with van der Waals surface area (Å²) in [5.41, 5.74) is 2.62.